The van der Waals surface area contributed by atoms with Gasteiger partial charge in [0.05, 0.1) is 10.2 Å². The molecule has 2 aromatic carbocycles. The fourth-order valence-electron chi connectivity index (χ4n) is 3.49. The third kappa shape index (κ3) is 3.31. The summed E-state index contributed by atoms with van der Waals surface area (Å²) in [5.41, 5.74) is 2.48. The summed E-state index contributed by atoms with van der Waals surface area (Å²) in [6.45, 7) is 1.47. The summed E-state index contributed by atoms with van der Waals surface area (Å²) >= 11 is 7.46. The highest BCUT2D eigenvalue weighted by molar-refractivity contribution is 7.22. The molecule has 4 aromatic rings. The van der Waals surface area contributed by atoms with Crippen LogP contribution in [0.1, 0.15) is 12.8 Å². The van der Waals surface area contributed by atoms with Gasteiger partial charge in [-0.2, -0.15) is 4.98 Å². The Hall–Kier alpha value is -2.64. The van der Waals surface area contributed by atoms with Crippen LogP contribution in [0.4, 0.5) is 11.1 Å². The van der Waals surface area contributed by atoms with E-state index in [1.807, 2.05) is 36.4 Å². The molecule has 0 unspecified atom stereocenters. The summed E-state index contributed by atoms with van der Waals surface area (Å²) in [5.74, 6) is -0.0291. The Kier molecular flexibility index (Phi) is 4.41. The molecule has 0 saturated carbocycles. The van der Waals surface area contributed by atoms with E-state index < -0.39 is 0 Å². The van der Waals surface area contributed by atoms with Gasteiger partial charge in [-0.3, -0.25) is 4.79 Å². The van der Waals surface area contributed by atoms with Gasteiger partial charge in [0.15, 0.2) is 10.7 Å². The zero-order chi connectivity index (χ0) is 19.1. The predicted molar refractivity (Wildman–Crippen MR) is 112 cm³/mol. The van der Waals surface area contributed by atoms with Crippen molar-refractivity contribution >= 4 is 61.3 Å². The quantitative estimate of drug-likeness (QED) is 0.515. The highest BCUT2D eigenvalue weighted by Crippen LogP contribution is 2.30. The van der Waals surface area contributed by atoms with E-state index >= 15 is 0 Å². The fourth-order valence-corrected chi connectivity index (χ4v) is 4.63. The van der Waals surface area contributed by atoms with Crippen molar-refractivity contribution in [3.05, 3.63) is 47.5 Å². The van der Waals surface area contributed by atoms with Gasteiger partial charge in [-0.15, -0.1) is 0 Å². The summed E-state index contributed by atoms with van der Waals surface area (Å²) < 4.78 is 6.80. The molecule has 142 valence electrons. The van der Waals surface area contributed by atoms with Crippen LogP contribution in [0.25, 0.3) is 21.3 Å². The minimum absolute atomic E-state index is 0.0161. The third-order valence-electron chi connectivity index (χ3n) is 5.00. The number of fused-ring (bicyclic) bond motifs is 2. The Morgan fingerprint density at radius 1 is 1.14 bits per heavy atom. The van der Waals surface area contributed by atoms with Crippen molar-refractivity contribution in [2.45, 2.75) is 12.8 Å². The second kappa shape index (κ2) is 7.07. The molecular weight excluding hydrogens is 396 g/mol. The van der Waals surface area contributed by atoms with E-state index in [1.165, 1.54) is 11.3 Å². The standard InChI is InChI=1S/C20H17ClN4O2S/c21-13-5-6-15-17(11-13)28-19(22-15)24-18(26)12-7-9-25(10-8-12)20-23-14-3-1-2-4-16(14)27-20/h1-6,11-12H,7-10H2,(H,22,24,26). The number of rotatable bonds is 3. The van der Waals surface area contributed by atoms with Crippen LogP contribution in [0.5, 0.6) is 0 Å². The molecule has 5 rings (SSSR count). The van der Waals surface area contributed by atoms with Crippen LogP contribution < -0.4 is 10.2 Å². The molecule has 28 heavy (non-hydrogen) atoms. The largest absolute Gasteiger partial charge is 0.423 e. The molecule has 1 aliphatic heterocycles. The molecule has 1 saturated heterocycles. The van der Waals surface area contributed by atoms with Crippen molar-refractivity contribution in [2.75, 3.05) is 23.3 Å². The number of hydrogen-bond acceptors (Lipinski definition) is 6. The van der Waals surface area contributed by atoms with Gasteiger partial charge in [0.1, 0.15) is 5.52 Å². The minimum atomic E-state index is -0.0452. The lowest BCUT2D eigenvalue weighted by Gasteiger charge is -2.29. The summed E-state index contributed by atoms with van der Waals surface area (Å²) in [6.07, 6.45) is 1.50. The van der Waals surface area contributed by atoms with Crippen LogP contribution in [-0.2, 0) is 4.79 Å². The Labute approximate surface area is 170 Å². The summed E-state index contributed by atoms with van der Waals surface area (Å²) in [5, 5.41) is 4.25. The monoisotopic (exact) mass is 412 g/mol. The number of hydrogen-bond donors (Lipinski definition) is 1. The van der Waals surface area contributed by atoms with Gasteiger partial charge in [0, 0.05) is 24.0 Å². The van der Waals surface area contributed by atoms with E-state index in [0.717, 1.165) is 47.2 Å². The number of oxazole rings is 1. The predicted octanol–water partition coefficient (Wildman–Crippen LogP) is 4.95. The first-order valence-electron chi connectivity index (χ1n) is 9.13. The molecule has 0 spiro atoms. The van der Waals surface area contributed by atoms with E-state index in [2.05, 4.69) is 20.2 Å². The van der Waals surface area contributed by atoms with Crippen molar-refractivity contribution in [3.8, 4) is 0 Å². The van der Waals surface area contributed by atoms with Crippen LogP contribution in [-0.4, -0.2) is 29.0 Å². The lowest BCUT2D eigenvalue weighted by molar-refractivity contribution is -0.120. The Balaban J connectivity index is 1.23. The number of thiazole rings is 1. The molecule has 1 amide bonds. The molecule has 0 aliphatic carbocycles. The number of amides is 1. The molecule has 0 atom stereocenters. The number of benzene rings is 2. The van der Waals surface area contributed by atoms with Crippen LogP contribution >= 0.6 is 22.9 Å². The molecule has 0 radical (unpaired) electrons. The molecular formula is C20H17ClN4O2S. The van der Waals surface area contributed by atoms with Crippen molar-refractivity contribution in [1.82, 2.24) is 9.97 Å². The number of piperidine rings is 1. The molecule has 6 nitrogen and oxygen atoms in total. The molecule has 8 heteroatoms. The zero-order valence-corrected chi connectivity index (χ0v) is 16.5. The first kappa shape index (κ1) is 17.5. The summed E-state index contributed by atoms with van der Waals surface area (Å²) in [4.78, 5) is 23.8. The zero-order valence-electron chi connectivity index (χ0n) is 14.9. The number of carbonyl (C=O) groups excluding carboxylic acids is 1. The third-order valence-corrected chi connectivity index (χ3v) is 6.17. The molecule has 2 aromatic heterocycles. The Morgan fingerprint density at radius 3 is 2.79 bits per heavy atom. The van der Waals surface area contributed by atoms with Crippen molar-refractivity contribution < 1.29 is 9.21 Å². The first-order chi connectivity index (χ1) is 13.7. The lowest BCUT2D eigenvalue weighted by atomic mass is 9.96. The number of carbonyl (C=O) groups is 1. The summed E-state index contributed by atoms with van der Waals surface area (Å²) in [7, 11) is 0. The van der Waals surface area contributed by atoms with E-state index in [1.54, 1.807) is 6.07 Å². The second-order valence-electron chi connectivity index (χ2n) is 6.85. The van der Waals surface area contributed by atoms with E-state index in [0.29, 0.717) is 16.2 Å². The highest BCUT2D eigenvalue weighted by atomic mass is 35.5. The number of nitrogens with one attached hydrogen (secondary N) is 1. The maximum Gasteiger partial charge on any atom is 0.298 e. The number of aromatic nitrogens is 2. The van der Waals surface area contributed by atoms with Gasteiger partial charge in [0.25, 0.3) is 6.01 Å². The lowest BCUT2D eigenvalue weighted by Crippen LogP contribution is -2.38. The number of halogens is 1. The van der Waals surface area contributed by atoms with Gasteiger partial charge in [-0.1, -0.05) is 35.1 Å². The van der Waals surface area contributed by atoms with Crippen LogP contribution in [0.2, 0.25) is 5.02 Å². The number of anilines is 2. The van der Waals surface area contributed by atoms with Crippen LogP contribution in [0, 0.1) is 5.92 Å². The average molecular weight is 413 g/mol. The molecule has 0 bridgehead atoms. The van der Waals surface area contributed by atoms with Gasteiger partial charge in [-0.05, 0) is 43.2 Å². The fraction of sp³-hybridized carbons (Fsp3) is 0.250. The highest BCUT2D eigenvalue weighted by Gasteiger charge is 2.27. The number of nitrogens with zero attached hydrogens (tertiary/aromatic N) is 3. The van der Waals surface area contributed by atoms with E-state index in [9.17, 15) is 4.79 Å². The van der Waals surface area contributed by atoms with Crippen LogP contribution in [0.15, 0.2) is 46.9 Å². The van der Waals surface area contributed by atoms with E-state index in [-0.39, 0.29) is 11.8 Å². The van der Waals surface area contributed by atoms with Crippen molar-refractivity contribution in [1.29, 1.82) is 0 Å². The SMILES string of the molecule is O=C(Nc1nc2ccc(Cl)cc2s1)C1CCN(c2nc3ccccc3o2)CC1. The molecule has 1 N–H and O–H groups in total. The van der Waals surface area contributed by atoms with Gasteiger partial charge >= 0.3 is 0 Å². The van der Waals surface area contributed by atoms with E-state index in [4.69, 9.17) is 16.0 Å². The molecule has 1 aliphatic rings. The topological polar surface area (TPSA) is 71.3 Å². The van der Waals surface area contributed by atoms with Crippen molar-refractivity contribution in [2.24, 2.45) is 5.92 Å². The maximum atomic E-state index is 12.7. The van der Waals surface area contributed by atoms with Crippen LogP contribution in [0.3, 0.4) is 0 Å². The molecule has 3 heterocycles. The van der Waals surface area contributed by atoms with Gasteiger partial charge in [0.2, 0.25) is 5.91 Å². The Bertz CT molecular complexity index is 1130. The van der Waals surface area contributed by atoms with Crippen molar-refractivity contribution in [3.63, 3.8) is 0 Å². The average Bonchev–Trinajstić information content (AvgIpc) is 3.31. The Morgan fingerprint density at radius 2 is 1.96 bits per heavy atom. The minimum Gasteiger partial charge on any atom is -0.423 e. The summed E-state index contributed by atoms with van der Waals surface area (Å²) in [6, 6.07) is 13.9. The maximum absolute atomic E-state index is 12.7. The first-order valence-corrected chi connectivity index (χ1v) is 10.3. The number of para-hydroxylation sites is 2. The second-order valence-corrected chi connectivity index (χ2v) is 8.31. The smallest absolute Gasteiger partial charge is 0.298 e. The molecule has 1 fully saturated rings. The normalized spacial score (nSPS) is 15.4. The van der Waals surface area contributed by atoms with Gasteiger partial charge in [-0.25, -0.2) is 4.98 Å². The van der Waals surface area contributed by atoms with Gasteiger partial charge < -0.3 is 14.6 Å².